The number of para-hydroxylation sites is 2. The molecule has 7 aromatic carbocycles. The highest BCUT2D eigenvalue weighted by atomic mass is 15.1. The topological polar surface area (TPSA) is 6.48 Å². The van der Waals surface area contributed by atoms with Crippen molar-refractivity contribution in [2.75, 3.05) is 9.80 Å². The number of rotatable bonds is 7. The standard InChI is InChI=1S/C55H48N2/c1-37-15-14-22-50-53(37)48-34-32-45(36-52(48)55(50,4)5)57(41-18-10-7-11-19-41)43-29-25-39(26-30-43)38-23-27-42(28-24-38)56(40-16-8-6-9-17-40)44-31-33-47-46-20-12-13-21-49(46)54(2,3)51(47)35-44/h6-14,16-37H,15H2,1-5H3. The predicted molar refractivity (Wildman–Crippen MR) is 242 cm³/mol. The highest BCUT2D eigenvalue weighted by Gasteiger charge is 2.40. The zero-order valence-electron chi connectivity index (χ0n) is 33.5. The Morgan fingerprint density at radius 1 is 0.421 bits per heavy atom. The number of anilines is 6. The van der Waals surface area contributed by atoms with E-state index in [4.69, 9.17) is 0 Å². The molecule has 10 rings (SSSR count). The maximum absolute atomic E-state index is 2.44. The van der Waals surface area contributed by atoms with Gasteiger partial charge in [0.05, 0.1) is 0 Å². The van der Waals surface area contributed by atoms with Gasteiger partial charge in [-0.1, -0.05) is 144 Å². The van der Waals surface area contributed by atoms with Gasteiger partial charge in [-0.15, -0.1) is 0 Å². The minimum atomic E-state index is -0.0689. The zero-order valence-corrected chi connectivity index (χ0v) is 33.5. The van der Waals surface area contributed by atoms with Gasteiger partial charge in [-0.2, -0.15) is 0 Å². The Kier molecular flexibility index (Phi) is 8.23. The summed E-state index contributed by atoms with van der Waals surface area (Å²) in [5.41, 5.74) is 20.4. The lowest BCUT2D eigenvalue weighted by Gasteiger charge is -2.29. The number of nitrogens with zero attached hydrogens (tertiary/aromatic N) is 2. The third-order valence-electron chi connectivity index (χ3n) is 12.9. The van der Waals surface area contributed by atoms with Gasteiger partial charge in [-0.3, -0.25) is 0 Å². The monoisotopic (exact) mass is 736 g/mol. The van der Waals surface area contributed by atoms with Crippen LogP contribution in [0.3, 0.4) is 0 Å². The summed E-state index contributed by atoms with van der Waals surface area (Å²) in [5, 5.41) is 0. The third-order valence-corrected chi connectivity index (χ3v) is 12.9. The highest BCUT2D eigenvalue weighted by molar-refractivity contribution is 5.89. The predicted octanol–water partition coefficient (Wildman–Crippen LogP) is 15.2. The van der Waals surface area contributed by atoms with Gasteiger partial charge in [0.2, 0.25) is 0 Å². The first-order valence-electron chi connectivity index (χ1n) is 20.4. The molecule has 0 heterocycles. The summed E-state index contributed by atoms with van der Waals surface area (Å²) in [6, 6.07) is 62.6. The molecule has 1 unspecified atom stereocenters. The Hall–Kier alpha value is -6.38. The third kappa shape index (κ3) is 5.69. The van der Waals surface area contributed by atoms with E-state index in [1.165, 1.54) is 61.3 Å². The van der Waals surface area contributed by atoms with E-state index in [1.54, 1.807) is 0 Å². The van der Waals surface area contributed by atoms with Crippen LogP contribution < -0.4 is 9.80 Å². The van der Waals surface area contributed by atoms with Crippen LogP contribution in [-0.4, -0.2) is 0 Å². The van der Waals surface area contributed by atoms with Gasteiger partial charge < -0.3 is 9.80 Å². The quantitative estimate of drug-likeness (QED) is 0.161. The van der Waals surface area contributed by atoms with E-state index in [1.807, 2.05) is 0 Å². The van der Waals surface area contributed by atoms with Gasteiger partial charge in [-0.25, -0.2) is 0 Å². The van der Waals surface area contributed by atoms with Crippen molar-refractivity contribution >= 4 is 39.7 Å². The molecule has 3 aliphatic carbocycles. The lowest BCUT2D eigenvalue weighted by atomic mass is 9.79. The van der Waals surface area contributed by atoms with E-state index >= 15 is 0 Å². The minimum absolute atomic E-state index is 0.0384. The Morgan fingerprint density at radius 2 is 0.860 bits per heavy atom. The molecular weight excluding hydrogens is 689 g/mol. The van der Waals surface area contributed by atoms with Gasteiger partial charge >= 0.3 is 0 Å². The molecule has 0 fully saturated rings. The lowest BCUT2D eigenvalue weighted by Crippen LogP contribution is -2.18. The van der Waals surface area contributed by atoms with Crippen LogP contribution >= 0.6 is 0 Å². The summed E-state index contributed by atoms with van der Waals surface area (Å²) in [7, 11) is 0. The molecule has 0 saturated heterocycles. The molecule has 2 nitrogen and oxygen atoms in total. The van der Waals surface area contributed by atoms with E-state index in [2.05, 4.69) is 226 Å². The first-order valence-corrected chi connectivity index (χ1v) is 20.4. The summed E-state index contributed by atoms with van der Waals surface area (Å²) < 4.78 is 0. The number of benzene rings is 7. The van der Waals surface area contributed by atoms with Crippen molar-refractivity contribution in [3.8, 4) is 22.3 Å². The number of hydrogen-bond donors (Lipinski definition) is 0. The molecule has 57 heavy (non-hydrogen) atoms. The Balaban J connectivity index is 0.979. The summed E-state index contributed by atoms with van der Waals surface area (Å²) in [4.78, 5) is 4.78. The molecule has 0 aliphatic heterocycles. The van der Waals surface area contributed by atoms with E-state index in [9.17, 15) is 0 Å². The summed E-state index contributed by atoms with van der Waals surface area (Å²) in [6.07, 6.45) is 5.84. The second kappa shape index (κ2) is 13.4. The lowest BCUT2D eigenvalue weighted by molar-refractivity contribution is 0.643. The average Bonchev–Trinajstić information content (AvgIpc) is 3.62. The fourth-order valence-electron chi connectivity index (χ4n) is 9.87. The molecule has 7 aromatic rings. The van der Waals surface area contributed by atoms with Crippen LogP contribution in [0.4, 0.5) is 34.1 Å². The van der Waals surface area contributed by atoms with Crippen molar-refractivity contribution < 1.29 is 0 Å². The van der Waals surface area contributed by atoms with Crippen molar-refractivity contribution in [2.45, 2.75) is 51.9 Å². The maximum Gasteiger partial charge on any atom is 0.0465 e. The normalized spacial score (nSPS) is 16.8. The molecule has 0 bridgehead atoms. The van der Waals surface area contributed by atoms with Crippen LogP contribution in [0.2, 0.25) is 0 Å². The molecule has 1 atom stereocenters. The Bertz CT molecular complexity index is 2700. The molecule has 0 N–H and O–H groups in total. The van der Waals surface area contributed by atoms with Gasteiger partial charge in [-0.05, 0) is 141 Å². The second-order valence-corrected chi connectivity index (χ2v) is 17.1. The fraction of sp³-hybridized carbons (Fsp3) is 0.164. The van der Waals surface area contributed by atoms with Crippen LogP contribution in [0.15, 0.2) is 188 Å². The van der Waals surface area contributed by atoms with Gasteiger partial charge in [0, 0.05) is 45.0 Å². The first-order chi connectivity index (χ1) is 27.7. The van der Waals surface area contributed by atoms with Gasteiger partial charge in [0.1, 0.15) is 0 Å². The SMILES string of the molecule is CC1CC=CC2=C1c1ccc(N(c3ccccc3)c3ccc(-c4ccc(N(c5ccccc5)c5ccc6c(c5)C(C)(C)c5ccccc5-6)cc4)cc3)cc1C2(C)C. The van der Waals surface area contributed by atoms with Gasteiger partial charge in [0.25, 0.3) is 0 Å². The first kappa shape index (κ1) is 35.1. The highest BCUT2D eigenvalue weighted by Crippen LogP contribution is 2.54. The van der Waals surface area contributed by atoms with Crippen LogP contribution in [0, 0.1) is 5.92 Å². The van der Waals surface area contributed by atoms with Crippen LogP contribution in [0.25, 0.3) is 27.8 Å². The molecule has 3 aliphatic rings. The summed E-state index contributed by atoms with van der Waals surface area (Å²) in [5.74, 6) is 0.537. The molecule has 0 radical (unpaired) electrons. The van der Waals surface area contributed by atoms with Crippen molar-refractivity contribution in [2.24, 2.45) is 5.92 Å². The summed E-state index contributed by atoms with van der Waals surface area (Å²) in [6.45, 7) is 11.8. The minimum Gasteiger partial charge on any atom is -0.310 e. The van der Waals surface area contributed by atoms with Crippen LogP contribution in [0.5, 0.6) is 0 Å². The number of allylic oxidation sites excluding steroid dienone is 4. The number of fused-ring (bicyclic) bond motifs is 5. The molecule has 278 valence electrons. The Labute approximate surface area is 338 Å². The van der Waals surface area contributed by atoms with Crippen molar-refractivity contribution in [3.63, 3.8) is 0 Å². The zero-order chi connectivity index (χ0) is 38.9. The molecule has 2 heteroatoms. The summed E-state index contributed by atoms with van der Waals surface area (Å²) >= 11 is 0. The second-order valence-electron chi connectivity index (χ2n) is 17.1. The molecule has 0 spiro atoms. The van der Waals surface area contributed by atoms with Crippen LogP contribution in [0.1, 0.15) is 63.3 Å². The molecular formula is C55H48N2. The molecule has 0 saturated carbocycles. The van der Waals surface area contributed by atoms with Crippen molar-refractivity contribution in [1.29, 1.82) is 0 Å². The smallest absolute Gasteiger partial charge is 0.0465 e. The fourth-order valence-corrected chi connectivity index (χ4v) is 9.87. The average molecular weight is 737 g/mol. The van der Waals surface area contributed by atoms with Gasteiger partial charge in [0.15, 0.2) is 0 Å². The van der Waals surface area contributed by atoms with E-state index in [0.29, 0.717) is 5.92 Å². The van der Waals surface area contributed by atoms with E-state index < -0.39 is 0 Å². The largest absolute Gasteiger partial charge is 0.310 e. The molecule has 0 amide bonds. The molecule has 0 aromatic heterocycles. The van der Waals surface area contributed by atoms with Crippen molar-refractivity contribution in [3.05, 3.63) is 210 Å². The maximum atomic E-state index is 2.44. The Morgan fingerprint density at radius 3 is 1.42 bits per heavy atom. The van der Waals surface area contributed by atoms with Crippen molar-refractivity contribution in [1.82, 2.24) is 0 Å². The van der Waals surface area contributed by atoms with E-state index in [0.717, 1.165) is 34.9 Å². The van der Waals surface area contributed by atoms with Crippen LogP contribution in [-0.2, 0) is 10.8 Å². The van der Waals surface area contributed by atoms with E-state index in [-0.39, 0.29) is 10.8 Å². The number of hydrogen-bond acceptors (Lipinski definition) is 2.